The standard InChI is InChI=1S/C45H89N2O7P/c1-3-5-7-9-11-13-15-17-18-19-20-21-22-23-25-26-28-30-32-34-36-42(48)40-45(50)47-43(41-54-55(51,52)53-39-38-46)44(49)37-35-33-31-29-27-24-16-14-12-10-8-6-4-2/h27,29,35,37,42-44,48-49H,3-26,28,30-34,36,38-41,46H2,1-2H3,(H,47,50)(H,51,52)/b29-27+,37-35+. The zero-order chi connectivity index (χ0) is 40.5. The van der Waals surface area contributed by atoms with Crippen molar-refractivity contribution in [3.8, 4) is 0 Å². The van der Waals surface area contributed by atoms with E-state index in [1.807, 2.05) is 6.08 Å². The van der Waals surface area contributed by atoms with Crippen molar-refractivity contribution in [2.24, 2.45) is 5.73 Å². The van der Waals surface area contributed by atoms with Crippen LogP contribution >= 0.6 is 7.82 Å². The Balaban J connectivity index is 4.22. The zero-order valence-corrected chi connectivity index (χ0v) is 36.7. The third-order valence-electron chi connectivity index (χ3n) is 10.3. The second-order valence-electron chi connectivity index (χ2n) is 15.8. The zero-order valence-electron chi connectivity index (χ0n) is 35.8. The Labute approximate surface area is 339 Å². The Hall–Kier alpha value is -1.06. The van der Waals surface area contributed by atoms with Crippen molar-refractivity contribution in [1.82, 2.24) is 5.32 Å². The number of aliphatic hydroxyl groups is 2. The number of phosphoric acid groups is 1. The molecule has 0 aliphatic rings. The van der Waals surface area contributed by atoms with Gasteiger partial charge in [0.15, 0.2) is 0 Å². The Morgan fingerprint density at radius 1 is 0.618 bits per heavy atom. The predicted molar refractivity (Wildman–Crippen MR) is 232 cm³/mol. The molecule has 0 heterocycles. The van der Waals surface area contributed by atoms with E-state index in [0.29, 0.717) is 12.8 Å². The minimum atomic E-state index is -4.40. The van der Waals surface area contributed by atoms with Crippen LogP contribution in [0, 0.1) is 0 Å². The lowest BCUT2D eigenvalue weighted by molar-refractivity contribution is -0.124. The summed E-state index contributed by atoms with van der Waals surface area (Å²) < 4.78 is 22.1. The average Bonchev–Trinajstić information content (AvgIpc) is 3.16. The number of phosphoric ester groups is 1. The average molecular weight is 801 g/mol. The highest BCUT2D eigenvalue weighted by Gasteiger charge is 2.27. The quantitative estimate of drug-likeness (QED) is 0.0232. The second kappa shape index (κ2) is 41.1. The van der Waals surface area contributed by atoms with Crippen LogP contribution in [-0.4, -0.2) is 59.0 Å². The van der Waals surface area contributed by atoms with Gasteiger partial charge in [-0.2, -0.15) is 0 Å². The summed E-state index contributed by atoms with van der Waals surface area (Å²) in [6, 6.07) is -0.995. The van der Waals surface area contributed by atoms with Crippen molar-refractivity contribution < 1.29 is 33.5 Å². The van der Waals surface area contributed by atoms with Crippen molar-refractivity contribution in [2.75, 3.05) is 19.8 Å². The number of hydrogen-bond donors (Lipinski definition) is 5. The summed E-state index contributed by atoms with van der Waals surface area (Å²) >= 11 is 0. The van der Waals surface area contributed by atoms with E-state index in [1.54, 1.807) is 6.08 Å². The molecule has 55 heavy (non-hydrogen) atoms. The van der Waals surface area contributed by atoms with Crippen molar-refractivity contribution in [3.63, 3.8) is 0 Å². The van der Waals surface area contributed by atoms with Crippen molar-refractivity contribution >= 4 is 13.7 Å². The molecule has 4 atom stereocenters. The lowest BCUT2D eigenvalue weighted by Gasteiger charge is -2.24. The number of rotatable bonds is 43. The molecule has 10 heteroatoms. The van der Waals surface area contributed by atoms with Gasteiger partial charge in [0.05, 0.1) is 37.9 Å². The molecule has 0 radical (unpaired) electrons. The molecule has 0 bridgehead atoms. The van der Waals surface area contributed by atoms with Gasteiger partial charge in [-0.3, -0.25) is 13.8 Å². The fourth-order valence-corrected chi connectivity index (χ4v) is 7.60. The first-order chi connectivity index (χ1) is 26.8. The summed E-state index contributed by atoms with van der Waals surface area (Å²) in [5.74, 6) is -0.453. The molecular weight excluding hydrogens is 711 g/mol. The largest absolute Gasteiger partial charge is 0.472 e. The van der Waals surface area contributed by atoms with Crippen LogP contribution in [0.15, 0.2) is 24.3 Å². The van der Waals surface area contributed by atoms with E-state index < -0.39 is 38.6 Å². The highest BCUT2D eigenvalue weighted by molar-refractivity contribution is 7.47. The van der Waals surface area contributed by atoms with Gasteiger partial charge in [0.25, 0.3) is 0 Å². The molecule has 0 aliphatic carbocycles. The van der Waals surface area contributed by atoms with Gasteiger partial charge in [-0.05, 0) is 32.1 Å². The number of allylic oxidation sites excluding steroid dienone is 3. The van der Waals surface area contributed by atoms with Crippen LogP contribution in [0.25, 0.3) is 0 Å². The first-order valence-electron chi connectivity index (χ1n) is 23.0. The Morgan fingerprint density at radius 2 is 1.04 bits per heavy atom. The van der Waals surface area contributed by atoms with Crippen LogP contribution < -0.4 is 11.1 Å². The van der Waals surface area contributed by atoms with Gasteiger partial charge >= 0.3 is 7.82 Å². The number of nitrogens with two attached hydrogens (primary N) is 1. The van der Waals surface area contributed by atoms with Gasteiger partial charge in [0.1, 0.15) is 0 Å². The van der Waals surface area contributed by atoms with Crippen LogP contribution in [0.2, 0.25) is 0 Å². The monoisotopic (exact) mass is 801 g/mol. The normalized spacial score (nSPS) is 14.8. The molecule has 1 amide bonds. The van der Waals surface area contributed by atoms with Gasteiger partial charge < -0.3 is 26.2 Å². The molecule has 0 saturated carbocycles. The number of hydrogen-bond acceptors (Lipinski definition) is 7. The van der Waals surface area contributed by atoms with Crippen LogP contribution in [0.4, 0.5) is 0 Å². The van der Waals surface area contributed by atoms with Crippen molar-refractivity contribution in [3.05, 3.63) is 24.3 Å². The molecule has 0 spiro atoms. The van der Waals surface area contributed by atoms with Crippen LogP contribution in [0.1, 0.15) is 219 Å². The van der Waals surface area contributed by atoms with Crippen LogP contribution in [0.3, 0.4) is 0 Å². The Morgan fingerprint density at radius 3 is 1.51 bits per heavy atom. The first kappa shape index (κ1) is 53.9. The highest BCUT2D eigenvalue weighted by atomic mass is 31.2. The fourth-order valence-electron chi connectivity index (χ4n) is 6.84. The first-order valence-corrected chi connectivity index (χ1v) is 24.5. The van der Waals surface area contributed by atoms with Crippen LogP contribution in [0.5, 0.6) is 0 Å². The van der Waals surface area contributed by atoms with Gasteiger partial charge in [0, 0.05) is 6.54 Å². The lowest BCUT2D eigenvalue weighted by atomic mass is 10.0. The smallest absolute Gasteiger partial charge is 0.393 e. The van der Waals surface area contributed by atoms with Crippen molar-refractivity contribution in [2.45, 2.75) is 238 Å². The summed E-state index contributed by atoms with van der Waals surface area (Å²) in [6.45, 7) is 3.96. The Bertz CT molecular complexity index is 935. The summed E-state index contributed by atoms with van der Waals surface area (Å²) in [5.41, 5.74) is 5.36. The van der Waals surface area contributed by atoms with E-state index in [4.69, 9.17) is 14.8 Å². The molecule has 4 unspecified atom stereocenters. The number of amides is 1. The molecule has 0 rings (SSSR count). The third-order valence-corrected chi connectivity index (χ3v) is 11.3. The van der Waals surface area contributed by atoms with Gasteiger partial charge in [-0.15, -0.1) is 0 Å². The number of unbranched alkanes of at least 4 members (excludes halogenated alkanes) is 27. The maximum absolute atomic E-state index is 12.8. The van der Waals surface area contributed by atoms with E-state index in [-0.39, 0.29) is 19.6 Å². The van der Waals surface area contributed by atoms with E-state index in [0.717, 1.165) is 32.1 Å². The highest BCUT2D eigenvalue weighted by Crippen LogP contribution is 2.43. The summed E-state index contributed by atoms with van der Waals surface area (Å²) in [4.78, 5) is 22.8. The lowest BCUT2D eigenvalue weighted by Crippen LogP contribution is -2.46. The molecule has 6 N–H and O–H groups in total. The maximum atomic E-state index is 12.8. The topological polar surface area (TPSA) is 151 Å². The van der Waals surface area contributed by atoms with E-state index in [2.05, 4.69) is 31.3 Å². The maximum Gasteiger partial charge on any atom is 0.472 e. The second-order valence-corrected chi connectivity index (χ2v) is 17.3. The van der Waals surface area contributed by atoms with E-state index in [1.165, 1.54) is 154 Å². The summed E-state index contributed by atoms with van der Waals surface area (Å²) in [5, 5.41) is 24.0. The molecular formula is C45H89N2O7P. The third kappa shape index (κ3) is 39.5. The summed E-state index contributed by atoms with van der Waals surface area (Å²) in [7, 11) is -4.40. The molecule has 0 aliphatic heterocycles. The molecule has 0 saturated heterocycles. The molecule has 0 aromatic rings. The molecule has 9 nitrogen and oxygen atoms in total. The van der Waals surface area contributed by atoms with E-state index in [9.17, 15) is 24.5 Å². The summed E-state index contributed by atoms with van der Waals surface area (Å²) in [6.07, 6.45) is 44.2. The number of aliphatic hydroxyl groups excluding tert-OH is 2. The van der Waals surface area contributed by atoms with Gasteiger partial charge in [0.2, 0.25) is 5.91 Å². The number of carbonyl (C=O) groups excluding carboxylic acids is 1. The van der Waals surface area contributed by atoms with Crippen molar-refractivity contribution in [1.29, 1.82) is 0 Å². The Kier molecular flexibility index (Phi) is 40.3. The SMILES string of the molecule is CCCCCCCCC/C=C/CC/C=C/C(O)C(COP(=O)(O)OCCN)NC(=O)CC(O)CCCCCCCCCCCCCCCCCCCCCC. The molecule has 0 aromatic carbocycles. The predicted octanol–water partition coefficient (Wildman–Crippen LogP) is 11.9. The van der Waals surface area contributed by atoms with E-state index >= 15 is 0 Å². The fraction of sp³-hybridized carbons (Fsp3) is 0.889. The van der Waals surface area contributed by atoms with Gasteiger partial charge in [-0.25, -0.2) is 4.57 Å². The minimum Gasteiger partial charge on any atom is -0.393 e. The number of nitrogens with one attached hydrogen (secondary N) is 1. The molecule has 0 aromatic heterocycles. The molecule has 326 valence electrons. The van der Waals surface area contributed by atoms with Gasteiger partial charge in [-0.1, -0.05) is 205 Å². The van der Waals surface area contributed by atoms with Crippen LogP contribution in [-0.2, 0) is 18.4 Å². The number of carbonyl (C=O) groups is 1. The minimum absolute atomic E-state index is 0.0460. The molecule has 0 fully saturated rings.